The summed E-state index contributed by atoms with van der Waals surface area (Å²) >= 11 is 5.92. The van der Waals surface area contributed by atoms with E-state index in [4.69, 9.17) is 17.3 Å². The lowest BCUT2D eigenvalue weighted by Crippen LogP contribution is -2.43. The molecule has 1 aromatic carbocycles. The average molecular weight is 401 g/mol. The summed E-state index contributed by atoms with van der Waals surface area (Å²) in [4.78, 5) is 16.7. The SMILES string of the molecule is NC1CCCCC1Nc1nc(C=Cc2ccc(Cl)cc2)c2c(c1F)CNC2=O. The van der Waals surface area contributed by atoms with Crippen LogP contribution in [0, 0.1) is 5.82 Å². The Balaban J connectivity index is 1.69. The molecule has 0 spiro atoms. The lowest BCUT2D eigenvalue weighted by Gasteiger charge is -2.30. The molecule has 5 nitrogen and oxygen atoms in total. The monoisotopic (exact) mass is 400 g/mol. The molecule has 1 saturated carbocycles. The molecular formula is C21H22ClFN4O. The zero-order valence-corrected chi connectivity index (χ0v) is 16.1. The van der Waals surface area contributed by atoms with E-state index in [-0.39, 0.29) is 30.4 Å². The van der Waals surface area contributed by atoms with Gasteiger partial charge in [0.1, 0.15) is 0 Å². The molecule has 7 heteroatoms. The molecule has 2 aromatic rings. The summed E-state index contributed by atoms with van der Waals surface area (Å²) in [6.45, 7) is 0.162. The lowest BCUT2D eigenvalue weighted by atomic mass is 9.91. The third-order valence-corrected chi connectivity index (χ3v) is 5.61. The van der Waals surface area contributed by atoms with Gasteiger partial charge in [0, 0.05) is 29.2 Å². The Hall–Kier alpha value is -2.44. The van der Waals surface area contributed by atoms with Gasteiger partial charge in [0.25, 0.3) is 5.91 Å². The summed E-state index contributed by atoms with van der Waals surface area (Å²) in [5.74, 6) is -0.624. The second-order valence-corrected chi connectivity index (χ2v) is 7.72. The van der Waals surface area contributed by atoms with Crippen LogP contribution in [0.2, 0.25) is 5.02 Å². The van der Waals surface area contributed by atoms with Crippen LogP contribution >= 0.6 is 11.6 Å². The van der Waals surface area contributed by atoms with E-state index in [9.17, 15) is 4.79 Å². The van der Waals surface area contributed by atoms with Gasteiger partial charge in [-0.1, -0.05) is 42.7 Å². The third-order valence-electron chi connectivity index (χ3n) is 5.36. The minimum Gasteiger partial charge on any atom is -0.363 e. The number of carbonyl (C=O) groups excluding carboxylic acids is 1. The maximum absolute atomic E-state index is 15.0. The first-order chi connectivity index (χ1) is 13.5. The largest absolute Gasteiger partial charge is 0.363 e. The number of fused-ring (bicyclic) bond motifs is 1. The van der Waals surface area contributed by atoms with Gasteiger partial charge in [-0.3, -0.25) is 4.79 Å². The number of amides is 1. The van der Waals surface area contributed by atoms with Crippen molar-refractivity contribution < 1.29 is 9.18 Å². The highest BCUT2D eigenvalue weighted by Crippen LogP contribution is 2.30. The van der Waals surface area contributed by atoms with Crippen LogP contribution in [-0.4, -0.2) is 23.0 Å². The van der Waals surface area contributed by atoms with Gasteiger partial charge in [-0.2, -0.15) is 0 Å². The van der Waals surface area contributed by atoms with Crippen LogP contribution in [0.15, 0.2) is 24.3 Å². The van der Waals surface area contributed by atoms with Crippen molar-refractivity contribution >= 4 is 35.5 Å². The molecule has 2 atom stereocenters. The maximum Gasteiger partial charge on any atom is 0.254 e. The number of hydrogen-bond acceptors (Lipinski definition) is 4. The summed E-state index contributed by atoms with van der Waals surface area (Å²) in [6, 6.07) is 7.25. The number of nitrogens with one attached hydrogen (secondary N) is 2. The Morgan fingerprint density at radius 1 is 1.21 bits per heavy atom. The predicted octanol–water partition coefficient (Wildman–Crippen LogP) is 3.97. The highest BCUT2D eigenvalue weighted by atomic mass is 35.5. The van der Waals surface area contributed by atoms with Gasteiger partial charge in [-0.25, -0.2) is 9.37 Å². The Labute approximate surface area is 168 Å². The molecule has 1 fully saturated rings. The summed E-state index contributed by atoms with van der Waals surface area (Å²) in [5.41, 5.74) is 8.18. The van der Waals surface area contributed by atoms with Gasteiger partial charge in [0.15, 0.2) is 11.6 Å². The topological polar surface area (TPSA) is 80.0 Å². The van der Waals surface area contributed by atoms with E-state index in [1.165, 1.54) is 0 Å². The molecular weight excluding hydrogens is 379 g/mol. The molecule has 1 aliphatic carbocycles. The van der Waals surface area contributed by atoms with Crippen molar-refractivity contribution in [3.63, 3.8) is 0 Å². The van der Waals surface area contributed by atoms with Gasteiger partial charge >= 0.3 is 0 Å². The zero-order chi connectivity index (χ0) is 19.7. The Kier molecular flexibility index (Phi) is 5.33. The van der Waals surface area contributed by atoms with Gasteiger partial charge in [-0.05, 0) is 36.6 Å². The fourth-order valence-corrected chi connectivity index (χ4v) is 3.91. The predicted molar refractivity (Wildman–Crippen MR) is 110 cm³/mol. The Morgan fingerprint density at radius 2 is 1.96 bits per heavy atom. The lowest BCUT2D eigenvalue weighted by molar-refractivity contribution is 0.0965. The van der Waals surface area contributed by atoms with Crippen LogP contribution in [0.4, 0.5) is 10.2 Å². The fraction of sp³-hybridized carbons (Fsp3) is 0.333. The van der Waals surface area contributed by atoms with Crippen molar-refractivity contribution in [2.24, 2.45) is 5.73 Å². The van der Waals surface area contributed by atoms with Crippen LogP contribution in [0.5, 0.6) is 0 Å². The second-order valence-electron chi connectivity index (χ2n) is 7.28. The van der Waals surface area contributed by atoms with E-state index in [0.29, 0.717) is 21.8 Å². The van der Waals surface area contributed by atoms with Crippen LogP contribution in [0.3, 0.4) is 0 Å². The number of hydrogen-bond donors (Lipinski definition) is 3. The highest BCUT2D eigenvalue weighted by Gasteiger charge is 2.30. The Morgan fingerprint density at radius 3 is 2.71 bits per heavy atom. The normalized spacial score (nSPS) is 21.6. The first-order valence-electron chi connectivity index (χ1n) is 9.49. The van der Waals surface area contributed by atoms with E-state index >= 15 is 4.39 Å². The van der Waals surface area contributed by atoms with Crippen molar-refractivity contribution in [3.8, 4) is 0 Å². The molecule has 1 amide bonds. The number of nitrogens with zero attached hydrogens (tertiary/aromatic N) is 1. The smallest absolute Gasteiger partial charge is 0.254 e. The molecule has 2 aliphatic rings. The Bertz CT molecular complexity index is 929. The molecule has 4 rings (SSSR count). The summed E-state index contributed by atoms with van der Waals surface area (Å²) in [6.07, 6.45) is 7.51. The first-order valence-corrected chi connectivity index (χ1v) is 9.87. The maximum atomic E-state index is 15.0. The number of nitrogens with two attached hydrogens (primary N) is 1. The molecule has 2 heterocycles. The van der Waals surface area contributed by atoms with Crippen molar-refractivity contribution in [3.05, 3.63) is 57.5 Å². The molecule has 1 aromatic heterocycles. The number of benzene rings is 1. The number of carbonyl (C=O) groups is 1. The number of aromatic nitrogens is 1. The van der Waals surface area contributed by atoms with E-state index in [1.54, 1.807) is 18.2 Å². The van der Waals surface area contributed by atoms with E-state index < -0.39 is 5.82 Å². The van der Waals surface area contributed by atoms with E-state index in [0.717, 1.165) is 31.2 Å². The van der Waals surface area contributed by atoms with Gasteiger partial charge < -0.3 is 16.4 Å². The minimum atomic E-state index is -0.477. The quantitative estimate of drug-likeness (QED) is 0.725. The molecule has 0 radical (unpaired) electrons. The number of halogens is 2. The second kappa shape index (κ2) is 7.89. The number of pyridine rings is 1. The molecule has 0 bridgehead atoms. The van der Waals surface area contributed by atoms with E-state index in [1.807, 2.05) is 18.2 Å². The van der Waals surface area contributed by atoms with E-state index in [2.05, 4.69) is 15.6 Å². The summed E-state index contributed by atoms with van der Waals surface area (Å²) in [5, 5.41) is 6.52. The van der Waals surface area contributed by atoms with Crippen molar-refractivity contribution in [1.82, 2.24) is 10.3 Å². The average Bonchev–Trinajstić information content (AvgIpc) is 3.08. The molecule has 28 heavy (non-hydrogen) atoms. The van der Waals surface area contributed by atoms with Gasteiger partial charge in [-0.15, -0.1) is 0 Å². The van der Waals surface area contributed by atoms with Gasteiger partial charge in [0.05, 0.1) is 11.3 Å². The van der Waals surface area contributed by atoms with Crippen LogP contribution in [0.1, 0.15) is 52.9 Å². The standard InChI is InChI=1S/C21H22ClFN4O/c22-13-8-5-12(6-9-13)7-10-17-18-14(11-25-21(18)28)19(23)20(27-17)26-16-4-2-1-3-15(16)24/h5-10,15-16H,1-4,11,24H2,(H,25,28)(H,26,27). The molecule has 146 valence electrons. The third kappa shape index (κ3) is 3.75. The summed E-state index contributed by atoms with van der Waals surface area (Å²) < 4.78 is 15.0. The highest BCUT2D eigenvalue weighted by molar-refractivity contribution is 6.30. The van der Waals surface area contributed by atoms with Crippen molar-refractivity contribution in [2.75, 3.05) is 5.32 Å². The van der Waals surface area contributed by atoms with Crippen LogP contribution in [0.25, 0.3) is 12.2 Å². The van der Waals surface area contributed by atoms with Crippen molar-refractivity contribution in [2.45, 2.75) is 44.3 Å². The summed E-state index contributed by atoms with van der Waals surface area (Å²) in [7, 11) is 0. The number of rotatable bonds is 4. The first kappa shape index (κ1) is 18.9. The zero-order valence-electron chi connectivity index (χ0n) is 15.3. The van der Waals surface area contributed by atoms with Crippen molar-refractivity contribution in [1.29, 1.82) is 0 Å². The minimum absolute atomic E-state index is 0.0213. The van der Waals surface area contributed by atoms with Gasteiger partial charge in [0.2, 0.25) is 0 Å². The molecule has 1 aliphatic heterocycles. The molecule has 4 N–H and O–H groups in total. The fourth-order valence-electron chi connectivity index (χ4n) is 3.79. The van der Waals surface area contributed by atoms with Crippen LogP contribution in [-0.2, 0) is 6.54 Å². The van der Waals surface area contributed by atoms with Crippen LogP contribution < -0.4 is 16.4 Å². The molecule has 2 unspecified atom stereocenters. The molecule has 0 saturated heterocycles. The number of anilines is 1.